The lowest BCUT2D eigenvalue weighted by Crippen LogP contribution is -2.14. The standard InChI is InChI=1S/C23H19N5O11S5/c1-2-41(29,30)28-13-5-3-12(4-6-13)21-18(11-24)22(25)40-23(21)27-26-14-7-16-17(19(8-14)43(34,35)36)9-15(42(31,32)33)10-20(16)44(37,38)39/h3-10,28H,2,25H2,1H3,(H,31,32,33)(H,34,35,36)(H,37,38,39)/b27-26+. The molecular formula is C23H19N5O11S5. The van der Waals surface area contributed by atoms with Crippen molar-refractivity contribution in [2.75, 3.05) is 16.2 Å². The summed E-state index contributed by atoms with van der Waals surface area (Å²) in [5, 5.41) is 16.4. The van der Waals surface area contributed by atoms with Gasteiger partial charge in [0.1, 0.15) is 25.9 Å². The van der Waals surface area contributed by atoms with Gasteiger partial charge in [-0.1, -0.05) is 23.5 Å². The third-order valence-electron chi connectivity index (χ3n) is 5.92. The van der Waals surface area contributed by atoms with Crippen LogP contribution in [0.15, 0.2) is 73.4 Å². The Morgan fingerprint density at radius 3 is 1.93 bits per heavy atom. The quantitative estimate of drug-likeness (QED) is 0.122. The molecule has 4 aromatic rings. The lowest BCUT2D eigenvalue weighted by molar-refractivity contribution is 0.478. The molecule has 0 fully saturated rings. The van der Waals surface area contributed by atoms with Gasteiger partial charge in [0.15, 0.2) is 0 Å². The van der Waals surface area contributed by atoms with E-state index in [0.29, 0.717) is 17.7 Å². The smallest absolute Gasteiger partial charge is 0.295 e. The fourth-order valence-corrected chi connectivity index (χ4v) is 7.48. The summed E-state index contributed by atoms with van der Waals surface area (Å²) in [4.78, 5) is -3.25. The number of thiophene rings is 1. The number of nitrogens with two attached hydrogens (primary N) is 1. The van der Waals surface area contributed by atoms with Gasteiger partial charge in [0, 0.05) is 22.0 Å². The molecule has 4 rings (SSSR count). The number of hydrogen-bond donors (Lipinski definition) is 5. The second-order valence-electron chi connectivity index (χ2n) is 8.80. The average Bonchev–Trinajstić information content (AvgIpc) is 3.24. The highest BCUT2D eigenvalue weighted by molar-refractivity contribution is 7.92. The first kappa shape index (κ1) is 32.9. The normalized spacial score (nSPS) is 12.9. The first-order valence-corrected chi connectivity index (χ1v) is 18.4. The van der Waals surface area contributed by atoms with Gasteiger partial charge in [-0.2, -0.15) is 30.5 Å². The molecule has 0 saturated heterocycles. The highest BCUT2D eigenvalue weighted by Gasteiger charge is 2.26. The second kappa shape index (κ2) is 11.5. The molecule has 0 unspecified atom stereocenters. The minimum Gasteiger partial charge on any atom is -0.389 e. The number of nitriles is 1. The molecule has 16 nitrogen and oxygen atoms in total. The van der Waals surface area contributed by atoms with Crippen LogP contribution < -0.4 is 10.5 Å². The van der Waals surface area contributed by atoms with Crippen LogP contribution in [0.1, 0.15) is 12.5 Å². The molecule has 232 valence electrons. The Balaban J connectivity index is 1.92. The minimum absolute atomic E-state index is 0.00521. The SMILES string of the molecule is CCS(=O)(=O)Nc1ccc(-c2c(/N=N/c3cc(S(=O)(=O)O)c4cc(S(=O)(=O)O)cc(S(=O)(=O)O)c4c3)sc(N)c2C#N)cc1. The van der Waals surface area contributed by atoms with Crippen LogP contribution in [-0.4, -0.2) is 53.1 Å². The van der Waals surface area contributed by atoms with Gasteiger partial charge in [-0.15, -0.1) is 10.2 Å². The van der Waals surface area contributed by atoms with E-state index in [0.717, 1.165) is 23.5 Å². The Morgan fingerprint density at radius 1 is 0.841 bits per heavy atom. The second-order valence-corrected chi connectivity index (χ2v) is 16.0. The zero-order chi connectivity index (χ0) is 32.8. The molecule has 0 radical (unpaired) electrons. The maximum absolute atomic E-state index is 12.2. The zero-order valence-electron chi connectivity index (χ0n) is 21.9. The summed E-state index contributed by atoms with van der Waals surface area (Å²) < 4.78 is 127. The number of azo groups is 1. The van der Waals surface area contributed by atoms with E-state index in [9.17, 15) is 52.6 Å². The van der Waals surface area contributed by atoms with Crippen LogP contribution in [0.4, 0.5) is 21.4 Å². The summed E-state index contributed by atoms with van der Waals surface area (Å²) in [5.41, 5.74) is 6.36. The number of fused-ring (bicyclic) bond motifs is 1. The lowest BCUT2D eigenvalue weighted by atomic mass is 10.0. The summed E-state index contributed by atoms with van der Waals surface area (Å²) in [6.07, 6.45) is 0. The van der Waals surface area contributed by atoms with Crippen molar-refractivity contribution in [1.29, 1.82) is 5.26 Å². The van der Waals surface area contributed by atoms with Crippen LogP contribution in [0.25, 0.3) is 21.9 Å². The van der Waals surface area contributed by atoms with E-state index in [-0.39, 0.29) is 32.6 Å². The molecule has 0 spiro atoms. The van der Waals surface area contributed by atoms with Gasteiger partial charge in [-0.05, 0) is 48.9 Å². The fraction of sp³-hybridized carbons (Fsp3) is 0.0870. The van der Waals surface area contributed by atoms with Gasteiger partial charge in [0.05, 0.1) is 21.9 Å². The first-order valence-electron chi connectivity index (χ1n) is 11.6. The van der Waals surface area contributed by atoms with Gasteiger partial charge < -0.3 is 5.73 Å². The van der Waals surface area contributed by atoms with Crippen LogP contribution in [0.5, 0.6) is 0 Å². The number of rotatable bonds is 9. The van der Waals surface area contributed by atoms with Crippen molar-refractivity contribution >= 4 is 83.9 Å². The van der Waals surface area contributed by atoms with E-state index in [2.05, 4.69) is 15.0 Å². The Kier molecular flexibility index (Phi) is 8.59. The number of anilines is 2. The van der Waals surface area contributed by atoms with E-state index in [1.807, 2.05) is 6.07 Å². The van der Waals surface area contributed by atoms with Crippen molar-refractivity contribution in [3.8, 4) is 17.2 Å². The number of hydrogen-bond acceptors (Lipinski definition) is 13. The van der Waals surface area contributed by atoms with Gasteiger partial charge in [0.2, 0.25) is 10.0 Å². The molecule has 0 amide bonds. The molecule has 1 aromatic heterocycles. The van der Waals surface area contributed by atoms with E-state index in [4.69, 9.17) is 5.73 Å². The molecular weight excluding hydrogens is 683 g/mol. The number of benzene rings is 3. The molecule has 44 heavy (non-hydrogen) atoms. The third kappa shape index (κ3) is 6.87. The lowest BCUT2D eigenvalue weighted by Gasteiger charge is -2.11. The van der Waals surface area contributed by atoms with Crippen molar-refractivity contribution in [3.05, 3.63) is 54.1 Å². The molecule has 6 N–H and O–H groups in total. The molecule has 0 atom stereocenters. The van der Waals surface area contributed by atoms with Crippen LogP contribution >= 0.6 is 11.3 Å². The summed E-state index contributed by atoms with van der Waals surface area (Å²) in [5.74, 6) is -0.166. The first-order chi connectivity index (χ1) is 20.2. The number of nitrogens with zero attached hydrogens (tertiary/aromatic N) is 3. The van der Waals surface area contributed by atoms with Gasteiger partial charge in [-0.3, -0.25) is 18.4 Å². The van der Waals surface area contributed by atoms with E-state index < -0.39 is 71.5 Å². The van der Waals surface area contributed by atoms with Crippen LogP contribution in [-0.2, 0) is 40.4 Å². The molecule has 0 bridgehead atoms. The number of nitrogen functional groups attached to an aromatic ring is 1. The Morgan fingerprint density at radius 2 is 1.41 bits per heavy atom. The minimum atomic E-state index is -5.24. The van der Waals surface area contributed by atoms with Gasteiger partial charge in [-0.25, -0.2) is 8.42 Å². The summed E-state index contributed by atoms with van der Waals surface area (Å²) in [6.45, 7) is 1.45. The Hall–Kier alpha value is -4.01. The van der Waals surface area contributed by atoms with Crippen molar-refractivity contribution in [3.63, 3.8) is 0 Å². The Labute approximate surface area is 254 Å². The van der Waals surface area contributed by atoms with E-state index in [1.54, 1.807) is 0 Å². The van der Waals surface area contributed by atoms with Crippen molar-refractivity contribution < 1.29 is 47.3 Å². The molecule has 0 aliphatic carbocycles. The highest BCUT2D eigenvalue weighted by atomic mass is 32.2. The topological polar surface area (TPSA) is 284 Å². The van der Waals surface area contributed by atoms with Crippen LogP contribution in [0.2, 0.25) is 0 Å². The highest BCUT2D eigenvalue weighted by Crippen LogP contribution is 2.45. The van der Waals surface area contributed by atoms with Crippen LogP contribution in [0.3, 0.4) is 0 Å². The molecule has 1 heterocycles. The fourth-order valence-electron chi connectivity index (χ4n) is 3.93. The van der Waals surface area contributed by atoms with E-state index >= 15 is 0 Å². The van der Waals surface area contributed by atoms with Crippen molar-refractivity contribution in [2.24, 2.45) is 10.2 Å². The summed E-state index contributed by atoms with van der Waals surface area (Å²) >= 11 is 0.808. The van der Waals surface area contributed by atoms with Gasteiger partial charge >= 0.3 is 0 Å². The largest absolute Gasteiger partial charge is 0.389 e. The molecule has 0 saturated carbocycles. The van der Waals surface area contributed by atoms with Gasteiger partial charge in [0.25, 0.3) is 30.4 Å². The summed E-state index contributed by atoms with van der Waals surface area (Å²) in [6, 6.07) is 10.3. The average molecular weight is 702 g/mol. The van der Waals surface area contributed by atoms with Crippen molar-refractivity contribution in [1.82, 2.24) is 0 Å². The maximum Gasteiger partial charge on any atom is 0.295 e. The molecule has 3 aromatic carbocycles. The third-order valence-corrected chi connectivity index (χ3v) is 10.7. The summed E-state index contributed by atoms with van der Waals surface area (Å²) in [7, 11) is -19.1. The maximum atomic E-state index is 12.2. The molecule has 0 aliphatic rings. The predicted octanol–water partition coefficient (Wildman–Crippen LogP) is 3.94. The number of nitrogens with one attached hydrogen (secondary N) is 1. The zero-order valence-corrected chi connectivity index (χ0v) is 26.0. The molecule has 0 aliphatic heterocycles. The molecule has 21 heteroatoms. The Bertz CT molecular complexity index is 2340. The van der Waals surface area contributed by atoms with E-state index in [1.165, 1.54) is 31.2 Å². The monoisotopic (exact) mass is 701 g/mol. The number of sulfonamides is 1. The van der Waals surface area contributed by atoms with Crippen LogP contribution in [0, 0.1) is 11.3 Å². The predicted molar refractivity (Wildman–Crippen MR) is 160 cm³/mol. The van der Waals surface area contributed by atoms with Crippen molar-refractivity contribution in [2.45, 2.75) is 21.6 Å².